The van der Waals surface area contributed by atoms with E-state index in [-0.39, 0.29) is 150 Å². The summed E-state index contributed by atoms with van der Waals surface area (Å²) in [6.45, 7) is 31.2. The molecule has 0 saturated heterocycles. The van der Waals surface area contributed by atoms with Crippen molar-refractivity contribution in [3.05, 3.63) is 0 Å². The minimum absolute atomic E-state index is 0.0353. The largest absolute Gasteiger partial charge is 0.480 e. The highest BCUT2D eigenvalue weighted by atomic mass is 16.4. The summed E-state index contributed by atoms with van der Waals surface area (Å²) < 4.78 is 0. The molecule has 0 aromatic carbocycles. The molecule has 0 aliphatic rings. The Labute approximate surface area is 710 Å². The topological polar surface area (TPSA) is 598 Å². The van der Waals surface area contributed by atoms with Gasteiger partial charge in [0.1, 0.15) is 78.5 Å². The lowest BCUT2D eigenvalue weighted by Gasteiger charge is -2.30. The fourth-order valence-electron chi connectivity index (χ4n) is 13.6. The highest BCUT2D eigenvalue weighted by Crippen LogP contribution is 2.19. The molecule has 0 aliphatic carbocycles. The number of carboxylic acids is 1. The van der Waals surface area contributed by atoms with Crippen LogP contribution >= 0.6 is 0 Å². The number of carboxylic acid groups (broad SMARTS) is 1. The van der Waals surface area contributed by atoms with Crippen LogP contribution in [-0.4, -0.2) is 212 Å². The van der Waals surface area contributed by atoms with Crippen LogP contribution in [0.4, 0.5) is 0 Å². The summed E-state index contributed by atoms with van der Waals surface area (Å²) >= 11 is 0. The van der Waals surface area contributed by atoms with E-state index < -0.39 is 167 Å². The Hall–Kier alpha value is -7.70. The minimum atomic E-state index is -1.31. The number of rotatable bonds is 67. The standard InChI is InChI=1S/C84H162N20O15/c1-49(2)41-57(91)71(105)92-58(29-17-23-35-85)72(106)93-60(31-19-25-37-87)74(108)98-67(45-53(9)10)81(115)102-65(43-51(5)6)79(113)96-62(33-21-27-39-89)76(110)100-69(47-55(13)14)83(117)101-64(42-50(3)4)78(112)95-59(30-18-24-36-86)73(107)94-61(32-20-26-38-88)75(109)99-68(46-54(11)12)82(116)103-66(44-52(7)8)80(114)97-63(34-22-28-40-90)77(111)104-70(84(118)119)48-56(15)16/h49-70H,17-48,85-91H2,1-16H3,(H,92,105)(H,93,106)(H,94,107)(H,95,112)(H,96,113)(H,97,114)(H,98,108)(H,99,109)(H,100,110)(H,101,117)(H,102,115)(H,103,116)(H,104,111)(H,118,119)/t57-,58-,59-,60-,61-,62-,63-,64-,65-,66-,67-,68-,69-,70-/m0/s1. The van der Waals surface area contributed by atoms with Crippen LogP contribution in [0.1, 0.15) is 278 Å². The first kappa shape index (κ1) is 111. The number of hydrogen-bond acceptors (Lipinski definition) is 21. The van der Waals surface area contributed by atoms with Crippen LogP contribution < -0.4 is 109 Å². The monoisotopic (exact) mass is 1690 g/mol. The van der Waals surface area contributed by atoms with Gasteiger partial charge >= 0.3 is 5.97 Å². The maximum atomic E-state index is 14.9. The molecule has 0 saturated carbocycles. The number of carbonyl (C=O) groups excluding carboxylic acids is 13. The van der Waals surface area contributed by atoms with E-state index in [4.69, 9.17) is 40.1 Å². The van der Waals surface area contributed by atoms with Crippen LogP contribution in [0.15, 0.2) is 0 Å². The molecule has 0 spiro atoms. The molecule has 28 N–H and O–H groups in total. The number of nitrogens with one attached hydrogen (secondary N) is 13. The van der Waals surface area contributed by atoms with Gasteiger partial charge in [0.05, 0.1) is 6.04 Å². The van der Waals surface area contributed by atoms with E-state index >= 15 is 0 Å². The second kappa shape index (κ2) is 62.4. The second-order valence-electron chi connectivity index (χ2n) is 35.5. The van der Waals surface area contributed by atoms with Crippen LogP contribution in [0, 0.1) is 47.3 Å². The van der Waals surface area contributed by atoms with Crippen LogP contribution in [0.3, 0.4) is 0 Å². The summed E-state index contributed by atoms with van der Waals surface area (Å²) in [6.07, 6.45) is 6.87. The highest BCUT2D eigenvalue weighted by molar-refractivity contribution is 6.00. The van der Waals surface area contributed by atoms with Crippen molar-refractivity contribution in [3.8, 4) is 0 Å². The van der Waals surface area contributed by atoms with Gasteiger partial charge in [-0.3, -0.25) is 62.3 Å². The predicted octanol–water partition coefficient (Wildman–Crippen LogP) is 1.84. The highest BCUT2D eigenvalue weighted by Gasteiger charge is 2.39. The van der Waals surface area contributed by atoms with Gasteiger partial charge in [-0.2, -0.15) is 0 Å². The number of aliphatic carboxylic acids is 1. The molecular weight excluding hydrogens is 1530 g/mol. The Morgan fingerprint density at radius 1 is 0.193 bits per heavy atom. The van der Waals surface area contributed by atoms with E-state index in [0.717, 1.165) is 0 Å². The first-order valence-electron chi connectivity index (χ1n) is 44.1. The van der Waals surface area contributed by atoms with Crippen molar-refractivity contribution in [1.82, 2.24) is 69.1 Å². The summed E-state index contributed by atoms with van der Waals surface area (Å²) in [5, 5.41) is 46.3. The first-order valence-corrected chi connectivity index (χ1v) is 44.1. The molecule has 688 valence electrons. The Bertz CT molecular complexity index is 3030. The molecule has 35 heteroatoms. The van der Waals surface area contributed by atoms with Crippen molar-refractivity contribution in [2.24, 2.45) is 87.5 Å². The third-order valence-corrected chi connectivity index (χ3v) is 19.9. The molecule has 35 nitrogen and oxygen atoms in total. The van der Waals surface area contributed by atoms with E-state index in [1.54, 1.807) is 0 Å². The first-order chi connectivity index (χ1) is 56.0. The molecular formula is C84H162N20O15. The van der Waals surface area contributed by atoms with Crippen molar-refractivity contribution < 1.29 is 72.2 Å². The normalized spacial score (nSPS) is 15.2. The molecule has 13 amide bonds. The van der Waals surface area contributed by atoms with Gasteiger partial charge in [-0.05, 0) is 254 Å². The fraction of sp³-hybridized carbons (Fsp3) is 0.833. The Kier molecular flexibility index (Phi) is 58.4. The average Bonchev–Trinajstić information content (AvgIpc) is 0.854. The van der Waals surface area contributed by atoms with Crippen molar-refractivity contribution in [1.29, 1.82) is 0 Å². The van der Waals surface area contributed by atoms with Crippen LogP contribution in [0.25, 0.3) is 0 Å². The van der Waals surface area contributed by atoms with Gasteiger partial charge in [0, 0.05) is 0 Å². The van der Waals surface area contributed by atoms with Gasteiger partial charge in [-0.25, -0.2) is 4.79 Å². The number of amides is 13. The lowest BCUT2D eigenvalue weighted by molar-refractivity contribution is -0.143. The number of unbranched alkanes of at least 4 members (excludes halogenated alkanes) is 6. The van der Waals surface area contributed by atoms with Crippen molar-refractivity contribution in [2.45, 2.75) is 362 Å². The van der Waals surface area contributed by atoms with Crippen molar-refractivity contribution in [2.75, 3.05) is 39.3 Å². The third kappa shape index (κ3) is 49.1. The van der Waals surface area contributed by atoms with E-state index in [1.807, 2.05) is 111 Å². The average molecular weight is 1690 g/mol. The molecule has 0 fully saturated rings. The van der Waals surface area contributed by atoms with E-state index in [1.165, 1.54) is 0 Å². The lowest BCUT2D eigenvalue weighted by atomic mass is 9.98. The maximum Gasteiger partial charge on any atom is 0.326 e. The summed E-state index contributed by atoms with van der Waals surface area (Å²) in [6, 6.07) is -17.0. The summed E-state index contributed by atoms with van der Waals surface area (Å²) in [7, 11) is 0. The summed E-state index contributed by atoms with van der Waals surface area (Å²) in [5.41, 5.74) is 41.4. The lowest BCUT2D eigenvalue weighted by Crippen LogP contribution is -2.61. The molecule has 0 aliphatic heterocycles. The van der Waals surface area contributed by atoms with Gasteiger partial charge in [-0.15, -0.1) is 0 Å². The zero-order valence-electron chi connectivity index (χ0n) is 75.0. The van der Waals surface area contributed by atoms with Crippen LogP contribution in [0.2, 0.25) is 0 Å². The number of hydrogen-bond donors (Lipinski definition) is 21. The molecule has 0 unspecified atom stereocenters. The zero-order valence-corrected chi connectivity index (χ0v) is 75.0. The van der Waals surface area contributed by atoms with E-state index in [9.17, 15) is 72.2 Å². The predicted molar refractivity (Wildman–Crippen MR) is 464 cm³/mol. The molecule has 0 heterocycles. The zero-order chi connectivity index (χ0) is 90.6. The van der Waals surface area contributed by atoms with Gasteiger partial charge in [0.25, 0.3) is 0 Å². The number of nitrogens with two attached hydrogens (primary N) is 7. The third-order valence-electron chi connectivity index (χ3n) is 19.9. The van der Waals surface area contributed by atoms with E-state index in [0.29, 0.717) is 103 Å². The maximum absolute atomic E-state index is 14.9. The van der Waals surface area contributed by atoms with Gasteiger partial charge in [0.2, 0.25) is 76.8 Å². The smallest absolute Gasteiger partial charge is 0.326 e. The van der Waals surface area contributed by atoms with Crippen molar-refractivity contribution >= 4 is 82.8 Å². The molecule has 14 atom stereocenters. The van der Waals surface area contributed by atoms with Crippen LogP contribution in [0.5, 0.6) is 0 Å². The molecule has 0 rings (SSSR count). The van der Waals surface area contributed by atoms with Crippen molar-refractivity contribution in [3.63, 3.8) is 0 Å². The van der Waals surface area contributed by atoms with Gasteiger partial charge in [-0.1, -0.05) is 111 Å². The fourth-order valence-corrected chi connectivity index (χ4v) is 13.6. The second-order valence-corrected chi connectivity index (χ2v) is 35.5. The minimum Gasteiger partial charge on any atom is -0.480 e. The quantitative estimate of drug-likeness (QED) is 0.0386. The van der Waals surface area contributed by atoms with Gasteiger partial charge < -0.3 is 114 Å². The SMILES string of the molecule is CC(C)C[C@H](NC(=O)[C@H](CCCCN)NC(=O)[C@H](CC(C)C)NC(=O)[C@H](CC(C)C)NC(=O)[C@H](CCCCN)NC(=O)[C@H](CCCCN)NC(=O)[C@H](CC(C)C)NC(=O)[C@H](CC(C)C)NC(=O)[C@H](CCCCN)NC(=O)[C@H](CC(C)C)NC(=O)[C@H](CC(C)C)NC(=O)[C@H](CCCCN)NC(=O)[C@H](CCCCN)NC(=O)[C@@H](N)CC(C)C)C(=O)O. The summed E-state index contributed by atoms with van der Waals surface area (Å²) in [4.78, 5) is 200. The molecule has 0 aromatic heterocycles. The van der Waals surface area contributed by atoms with Gasteiger partial charge in [0.15, 0.2) is 0 Å². The Morgan fingerprint density at radius 3 is 0.462 bits per heavy atom. The molecule has 0 bridgehead atoms. The number of carbonyl (C=O) groups is 14. The van der Waals surface area contributed by atoms with Crippen LogP contribution in [-0.2, 0) is 67.1 Å². The van der Waals surface area contributed by atoms with E-state index in [2.05, 4.69) is 69.1 Å². The molecule has 0 radical (unpaired) electrons. The molecule has 0 aromatic rings. The Balaban J connectivity index is 7.37. The summed E-state index contributed by atoms with van der Waals surface area (Å²) in [5.74, 6) is -11.7. The Morgan fingerprint density at radius 2 is 0.319 bits per heavy atom. The molecule has 119 heavy (non-hydrogen) atoms.